The van der Waals surface area contributed by atoms with Gasteiger partial charge in [0.25, 0.3) is 11.8 Å². The molecule has 5 aromatic rings. The van der Waals surface area contributed by atoms with E-state index in [4.69, 9.17) is 20.4 Å². The van der Waals surface area contributed by atoms with E-state index < -0.39 is 5.82 Å². The summed E-state index contributed by atoms with van der Waals surface area (Å²) in [5.74, 6) is 0.288. The van der Waals surface area contributed by atoms with Gasteiger partial charge in [-0.1, -0.05) is 38.1 Å². The number of halogens is 1. The minimum absolute atomic E-state index is 0.000264. The van der Waals surface area contributed by atoms with Crippen LogP contribution in [-0.4, -0.2) is 121 Å². The molecule has 15 nitrogen and oxygen atoms in total. The fourth-order valence-corrected chi connectivity index (χ4v) is 8.89. The van der Waals surface area contributed by atoms with Gasteiger partial charge in [-0.2, -0.15) is 0 Å². The van der Waals surface area contributed by atoms with Crippen LogP contribution < -0.4 is 10.6 Å². The number of nitrogens with zero attached hydrogens (tertiary/aromatic N) is 9. The third-order valence-electron chi connectivity index (χ3n) is 12.4. The Morgan fingerprint density at radius 2 is 1.52 bits per heavy atom. The van der Waals surface area contributed by atoms with Gasteiger partial charge in [-0.3, -0.25) is 19.4 Å². The Labute approximate surface area is 359 Å². The Morgan fingerprint density at radius 3 is 2.24 bits per heavy atom. The molecule has 2 aromatic heterocycles. The van der Waals surface area contributed by atoms with Gasteiger partial charge in [0.1, 0.15) is 23.1 Å². The van der Waals surface area contributed by atoms with E-state index in [9.17, 15) is 19.8 Å². The van der Waals surface area contributed by atoms with Gasteiger partial charge in [0.15, 0.2) is 5.82 Å². The number of benzene rings is 3. The number of rotatable bonds is 9. The molecular formula is C46H51FN10O5. The van der Waals surface area contributed by atoms with Crippen molar-refractivity contribution in [2.45, 2.75) is 58.9 Å². The first-order valence-electron chi connectivity index (χ1n) is 21.3. The van der Waals surface area contributed by atoms with Gasteiger partial charge in [0.2, 0.25) is 5.95 Å². The van der Waals surface area contributed by atoms with Crippen molar-refractivity contribution >= 4 is 23.6 Å². The maximum Gasteiger partial charge on any atom is 0.258 e. The van der Waals surface area contributed by atoms with Crippen LogP contribution >= 0.6 is 0 Å². The predicted octanol–water partition coefficient (Wildman–Crippen LogP) is 4.70. The molecule has 2 saturated heterocycles. The monoisotopic (exact) mass is 842 g/mol. The van der Waals surface area contributed by atoms with Crippen molar-refractivity contribution in [3.05, 3.63) is 117 Å². The van der Waals surface area contributed by atoms with E-state index in [0.717, 1.165) is 66.5 Å². The summed E-state index contributed by atoms with van der Waals surface area (Å²) in [5, 5.41) is 20.8. The van der Waals surface area contributed by atoms with Crippen molar-refractivity contribution in [2.75, 3.05) is 69.7 Å². The second kappa shape index (κ2) is 17.3. The first-order valence-corrected chi connectivity index (χ1v) is 21.3. The summed E-state index contributed by atoms with van der Waals surface area (Å²) >= 11 is 0. The molecule has 4 N–H and O–H groups in total. The van der Waals surface area contributed by atoms with Gasteiger partial charge >= 0.3 is 0 Å². The number of hydrogen-bond acceptors (Lipinski definition) is 13. The van der Waals surface area contributed by atoms with Gasteiger partial charge in [-0.05, 0) is 52.8 Å². The molecule has 0 bridgehead atoms. The summed E-state index contributed by atoms with van der Waals surface area (Å²) < 4.78 is 21.3. The number of morpholine rings is 1. The average molecular weight is 843 g/mol. The van der Waals surface area contributed by atoms with Gasteiger partial charge in [0, 0.05) is 107 Å². The summed E-state index contributed by atoms with van der Waals surface area (Å²) in [4.78, 5) is 55.6. The minimum atomic E-state index is -0.398. The Morgan fingerprint density at radius 1 is 0.790 bits per heavy atom. The number of phenolic OH excluding ortho intramolecular Hbond substituents is 2. The maximum atomic E-state index is 15.7. The first kappa shape index (κ1) is 41.1. The SMILES string of the molecule is CC(C)c1cc(C(=O)N2Cc3ccc(CN4CCN(Cc5ccc(C(=O)N6CCc7c(nc(-c8cnc(N)nc8)nc7N7CCOCC7)C6)cc5F)CC4)cc3C2)c(O)cc1O. The molecule has 322 valence electrons. The van der Waals surface area contributed by atoms with Crippen LogP contribution in [0.25, 0.3) is 11.4 Å². The molecule has 0 radical (unpaired) electrons. The highest BCUT2D eigenvalue weighted by molar-refractivity contribution is 5.97. The normalized spacial score (nSPS) is 17.1. The van der Waals surface area contributed by atoms with Crippen molar-refractivity contribution in [3.63, 3.8) is 0 Å². The lowest BCUT2D eigenvalue weighted by Gasteiger charge is -2.35. The molecule has 0 aliphatic carbocycles. The zero-order valence-corrected chi connectivity index (χ0v) is 35.1. The van der Waals surface area contributed by atoms with Crippen LogP contribution in [0.2, 0.25) is 0 Å². The smallest absolute Gasteiger partial charge is 0.258 e. The standard InChI is InChI=1S/C46H51FN10O5/c1-28(2)36-19-37(41(59)20-40(36)58)45(61)57-25-31-4-3-29(17-33(31)26-57)23-53-9-11-54(12-10-53)24-32-6-5-30(18-38(32)47)44(60)56-8-7-35-39(27-56)51-42(34-21-49-46(48)50-22-34)52-43(35)55-13-15-62-16-14-55/h3-6,17-22,28,58-59H,7-16,23-27H2,1-2H3,(H2,48,49,50). The lowest BCUT2D eigenvalue weighted by Crippen LogP contribution is -2.45. The van der Waals surface area contributed by atoms with Crippen LogP contribution in [0.1, 0.15) is 79.6 Å². The molecular weight excluding hydrogens is 792 g/mol. The Kier molecular flexibility index (Phi) is 11.5. The van der Waals surface area contributed by atoms with E-state index in [1.807, 2.05) is 13.8 Å². The number of phenols is 2. The molecule has 62 heavy (non-hydrogen) atoms. The number of piperazine rings is 1. The van der Waals surface area contributed by atoms with Crippen LogP contribution in [0, 0.1) is 5.82 Å². The highest BCUT2D eigenvalue weighted by atomic mass is 19.1. The lowest BCUT2D eigenvalue weighted by atomic mass is 9.98. The summed E-state index contributed by atoms with van der Waals surface area (Å²) in [7, 11) is 0. The number of carbonyl (C=O) groups excluding carboxylic acids is 2. The Balaban J connectivity index is 0.797. The van der Waals surface area contributed by atoms with Gasteiger partial charge < -0.3 is 35.4 Å². The van der Waals surface area contributed by atoms with E-state index in [1.54, 1.807) is 40.4 Å². The molecule has 0 saturated carbocycles. The molecule has 6 heterocycles. The van der Waals surface area contributed by atoms with E-state index in [2.05, 4.69) is 42.9 Å². The van der Waals surface area contributed by atoms with Crippen molar-refractivity contribution in [2.24, 2.45) is 0 Å². The summed E-state index contributed by atoms with van der Waals surface area (Å²) in [6.07, 6.45) is 3.75. The highest BCUT2D eigenvalue weighted by Crippen LogP contribution is 2.35. The molecule has 16 heteroatoms. The first-order chi connectivity index (χ1) is 30.0. The number of hydrogen-bond donors (Lipinski definition) is 3. The second-order valence-electron chi connectivity index (χ2n) is 16.9. The predicted molar refractivity (Wildman–Crippen MR) is 230 cm³/mol. The Bertz CT molecular complexity index is 2510. The van der Waals surface area contributed by atoms with Gasteiger partial charge in [0.05, 0.1) is 36.6 Å². The number of nitrogen functional groups attached to an aromatic ring is 1. The number of anilines is 2. The van der Waals surface area contributed by atoms with Gasteiger partial charge in [-0.15, -0.1) is 0 Å². The van der Waals surface area contributed by atoms with E-state index >= 15 is 4.39 Å². The van der Waals surface area contributed by atoms with Crippen molar-refractivity contribution in [1.82, 2.24) is 39.5 Å². The van der Waals surface area contributed by atoms with Crippen molar-refractivity contribution in [1.29, 1.82) is 0 Å². The van der Waals surface area contributed by atoms with Crippen LogP contribution in [0.15, 0.2) is 60.9 Å². The number of amides is 2. The fraction of sp³-hybridized carbons (Fsp3) is 0.391. The third kappa shape index (κ3) is 8.49. The number of aromatic hydroxyl groups is 2. The van der Waals surface area contributed by atoms with E-state index in [-0.39, 0.29) is 47.3 Å². The molecule has 4 aliphatic rings. The zero-order chi connectivity index (χ0) is 43.1. The largest absolute Gasteiger partial charge is 0.508 e. The number of aromatic nitrogens is 4. The van der Waals surface area contributed by atoms with Crippen LogP contribution in [-0.2, 0) is 43.9 Å². The summed E-state index contributed by atoms with van der Waals surface area (Å²) in [6, 6.07) is 14.0. The van der Waals surface area contributed by atoms with Gasteiger partial charge in [-0.25, -0.2) is 24.3 Å². The van der Waals surface area contributed by atoms with Crippen LogP contribution in [0.4, 0.5) is 16.2 Å². The van der Waals surface area contributed by atoms with Crippen molar-refractivity contribution < 1.29 is 28.9 Å². The number of fused-ring (bicyclic) bond motifs is 2. The van der Waals surface area contributed by atoms with E-state index in [1.165, 1.54) is 12.1 Å². The zero-order valence-electron chi connectivity index (χ0n) is 35.1. The molecule has 4 aliphatic heterocycles. The molecule has 0 spiro atoms. The third-order valence-corrected chi connectivity index (χ3v) is 12.4. The topological polar surface area (TPSA) is 178 Å². The average Bonchev–Trinajstić information content (AvgIpc) is 3.71. The lowest BCUT2D eigenvalue weighted by molar-refractivity contribution is 0.0728. The van der Waals surface area contributed by atoms with Crippen LogP contribution in [0.3, 0.4) is 0 Å². The summed E-state index contributed by atoms with van der Waals surface area (Å²) in [6.45, 7) is 12.5. The van der Waals surface area contributed by atoms with Crippen molar-refractivity contribution in [3.8, 4) is 22.9 Å². The number of ether oxygens (including phenoxy) is 1. The number of nitrogens with two attached hydrogens (primary N) is 1. The quantitative estimate of drug-likeness (QED) is 0.186. The Hall–Kier alpha value is -6.23. The fourth-order valence-electron chi connectivity index (χ4n) is 8.89. The summed E-state index contributed by atoms with van der Waals surface area (Å²) in [5.41, 5.74) is 13.1. The maximum absolute atomic E-state index is 15.7. The molecule has 0 unspecified atom stereocenters. The highest BCUT2D eigenvalue weighted by Gasteiger charge is 2.31. The molecule has 9 rings (SSSR count). The molecule has 2 amide bonds. The second-order valence-corrected chi connectivity index (χ2v) is 16.9. The molecule has 2 fully saturated rings. The minimum Gasteiger partial charge on any atom is -0.508 e. The van der Waals surface area contributed by atoms with E-state index in [0.29, 0.717) is 87.0 Å². The van der Waals surface area contributed by atoms with Crippen LogP contribution in [0.5, 0.6) is 11.5 Å². The molecule has 0 atom stereocenters. The molecule has 3 aromatic carbocycles. The number of carbonyl (C=O) groups is 2.